The maximum absolute atomic E-state index is 5.26. The highest BCUT2D eigenvalue weighted by Gasteiger charge is 2.24. The van der Waals surface area contributed by atoms with Gasteiger partial charge in [0.1, 0.15) is 5.82 Å². The number of piperidine rings is 1. The summed E-state index contributed by atoms with van der Waals surface area (Å²) in [5.74, 6) is 2.16. The fourth-order valence-corrected chi connectivity index (χ4v) is 3.14. The largest absolute Gasteiger partial charge is 0.357 e. The Balaban J connectivity index is 1.72. The molecule has 124 valence electrons. The van der Waals surface area contributed by atoms with Crippen LogP contribution in [-0.2, 0) is 0 Å². The van der Waals surface area contributed by atoms with Gasteiger partial charge in [0.05, 0.1) is 0 Å². The first kappa shape index (κ1) is 15.9. The van der Waals surface area contributed by atoms with Crippen LogP contribution in [0.25, 0.3) is 11.5 Å². The SMILES string of the molecule is Cc1noc(-c2ccnc(N(C)C3CCN(C(C)C)CC3)c2)n1. The highest BCUT2D eigenvalue weighted by molar-refractivity contribution is 5.58. The molecule has 0 aliphatic carbocycles. The third-order valence-electron chi connectivity index (χ3n) is 4.66. The molecule has 1 aliphatic heterocycles. The molecule has 2 aromatic heterocycles. The van der Waals surface area contributed by atoms with Crippen molar-refractivity contribution in [2.45, 2.75) is 45.7 Å². The zero-order valence-corrected chi connectivity index (χ0v) is 14.4. The van der Waals surface area contributed by atoms with Gasteiger partial charge in [0, 0.05) is 44.0 Å². The fourth-order valence-electron chi connectivity index (χ4n) is 3.14. The molecule has 0 atom stereocenters. The highest BCUT2D eigenvalue weighted by Crippen LogP contribution is 2.25. The van der Waals surface area contributed by atoms with E-state index in [0.29, 0.717) is 23.8 Å². The van der Waals surface area contributed by atoms with E-state index in [9.17, 15) is 0 Å². The molecule has 1 saturated heterocycles. The molecule has 1 fully saturated rings. The van der Waals surface area contributed by atoms with Crippen molar-refractivity contribution in [1.82, 2.24) is 20.0 Å². The summed E-state index contributed by atoms with van der Waals surface area (Å²) in [6.45, 7) is 8.65. The van der Waals surface area contributed by atoms with Crippen LogP contribution in [0.5, 0.6) is 0 Å². The summed E-state index contributed by atoms with van der Waals surface area (Å²) in [6.07, 6.45) is 4.14. The molecule has 6 nitrogen and oxygen atoms in total. The Hall–Kier alpha value is -1.95. The molecular weight excluding hydrogens is 290 g/mol. The third-order valence-corrected chi connectivity index (χ3v) is 4.66. The summed E-state index contributed by atoms with van der Waals surface area (Å²) >= 11 is 0. The Morgan fingerprint density at radius 3 is 2.65 bits per heavy atom. The van der Waals surface area contributed by atoms with Gasteiger partial charge in [0.15, 0.2) is 5.82 Å². The Labute approximate surface area is 137 Å². The van der Waals surface area contributed by atoms with Crippen LogP contribution in [-0.4, -0.2) is 52.2 Å². The van der Waals surface area contributed by atoms with E-state index in [1.54, 1.807) is 0 Å². The standard InChI is InChI=1S/C17H25N5O/c1-12(2)22-9-6-15(7-10-22)21(4)16-11-14(5-8-18-16)17-19-13(3)20-23-17/h5,8,11-12,15H,6-7,9-10H2,1-4H3. The van der Waals surface area contributed by atoms with Crippen LogP contribution in [0.3, 0.4) is 0 Å². The summed E-state index contributed by atoms with van der Waals surface area (Å²) < 4.78 is 5.26. The van der Waals surface area contributed by atoms with Gasteiger partial charge in [-0.3, -0.25) is 0 Å². The van der Waals surface area contributed by atoms with E-state index >= 15 is 0 Å². The lowest BCUT2D eigenvalue weighted by atomic mass is 10.0. The van der Waals surface area contributed by atoms with Crippen molar-refractivity contribution in [1.29, 1.82) is 0 Å². The second-order valence-electron chi connectivity index (χ2n) is 6.52. The van der Waals surface area contributed by atoms with E-state index in [2.05, 4.69) is 45.8 Å². The Bertz CT molecular complexity index is 646. The maximum atomic E-state index is 5.26. The first-order valence-corrected chi connectivity index (χ1v) is 8.28. The molecule has 0 N–H and O–H groups in total. The summed E-state index contributed by atoms with van der Waals surface area (Å²) in [5.41, 5.74) is 0.919. The molecule has 23 heavy (non-hydrogen) atoms. The molecule has 0 saturated carbocycles. The van der Waals surface area contributed by atoms with Gasteiger partial charge in [-0.25, -0.2) is 4.98 Å². The molecule has 6 heteroatoms. The number of hydrogen-bond acceptors (Lipinski definition) is 6. The summed E-state index contributed by atoms with van der Waals surface area (Å²) in [5, 5.41) is 3.86. The minimum absolute atomic E-state index is 0.525. The zero-order valence-electron chi connectivity index (χ0n) is 14.4. The summed E-state index contributed by atoms with van der Waals surface area (Å²) in [4.78, 5) is 13.6. The van der Waals surface area contributed by atoms with E-state index in [0.717, 1.165) is 24.5 Å². The van der Waals surface area contributed by atoms with Crippen LogP contribution in [0.1, 0.15) is 32.5 Å². The van der Waals surface area contributed by atoms with Gasteiger partial charge >= 0.3 is 0 Å². The average Bonchev–Trinajstić information content (AvgIpc) is 3.01. The van der Waals surface area contributed by atoms with E-state index < -0.39 is 0 Å². The van der Waals surface area contributed by atoms with E-state index in [1.807, 2.05) is 25.3 Å². The van der Waals surface area contributed by atoms with Crippen molar-refractivity contribution in [2.75, 3.05) is 25.0 Å². The number of likely N-dealkylation sites (tertiary alicyclic amines) is 1. The van der Waals surface area contributed by atoms with Crippen molar-refractivity contribution in [2.24, 2.45) is 0 Å². The highest BCUT2D eigenvalue weighted by atomic mass is 16.5. The number of aromatic nitrogens is 3. The zero-order chi connectivity index (χ0) is 16.4. The first-order valence-electron chi connectivity index (χ1n) is 8.28. The van der Waals surface area contributed by atoms with Crippen molar-refractivity contribution < 1.29 is 4.52 Å². The number of aryl methyl sites for hydroxylation is 1. The molecule has 3 heterocycles. The molecule has 0 spiro atoms. The van der Waals surface area contributed by atoms with Crippen molar-refractivity contribution in [3.8, 4) is 11.5 Å². The smallest absolute Gasteiger partial charge is 0.258 e. The number of hydrogen-bond donors (Lipinski definition) is 0. The van der Waals surface area contributed by atoms with Gasteiger partial charge in [0.2, 0.25) is 0 Å². The van der Waals surface area contributed by atoms with Crippen LogP contribution < -0.4 is 4.90 Å². The molecule has 0 aromatic carbocycles. The molecule has 1 aliphatic rings. The summed E-state index contributed by atoms with van der Waals surface area (Å²) in [6, 6.07) is 5.09. The van der Waals surface area contributed by atoms with Gasteiger partial charge in [-0.1, -0.05) is 5.16 Å². The van der Waals surface area contributed by atoms with Crippen molar-refractivity contribution in [3.63, 3.8) is 0 Å². The van der Waals surface area contributed by atoms with Gasteiger partial charge in [-0.2, -0.15) is 4.98 Å². The predicted molar refractivity (Wildman–Crippen MR) is 90.4 cm³/mol. The van der Waals surface area contributed by atoms with E-state index in [4.69, 9.17) is 4.52 Å². The van der Waals surface area contributed by atoms with Crippen LogP contribution >= 0.6 is 0 Å². The van der Waals surface area contributed by atoms with Gasteiger partial charge in [-0.15, -0.1) is 0 Å². The van der Waals surface area contributed by atoms with E-state index in [-0.39, 0.29) is 0 Å². The molecular formula is C17H25N5O. The lowest BCUT2D eigenvalue weighted by Crippen LogP contribution is -2.45. The Kier molecular flexibility index (Phi) is 4.61. The van der Waals surface area contributed by atoms with Crippen molar-refractivity contribution >= 4 is 5.82 Å². The van der Waals surface area contributed by atoms with Crippen LogP contribution in [0.2, 0.25) is 0 Å². The number of rotatable bonds is 4. The lowest BCUT2D eigenvalue weighted by Gasteiger charge is -2.39. The maximum Gasteiger partial charge on any atom is 0.258 e. The van der Waals surface area contributed by atoms with Crippen LogP contribution in [0, 0.1) is 6.92 Å². The first-order chi connectivity index (χ1) is 11.0. The molecule has 0 unspecified atom stereocenters. The Morgan fingerprint density at radius 2 is 2.04 bits per heavy atom. The molecule has 0 amide bonds. The van der Waals surface area contributed by atoms with Crippen molar-refractivity contribution in [3.05, 3.63) is 24.2 Å². The lowest BCUT2D eigenvalue weighted by molar-refractivity contribution is 0.171. The number of anilines is 1. The van der Waals surface area contributed by atoms with Gasteiger partial charge in [-0.05, 0) is 45.7 Å². The van der Waals surface area contributed by atoms with Gasteiger partial charge in [0.25, 0.3) is 5.89 Å². The summed E-state index contributed by atoms with van der Waals surface area (Å²) in [7, 11) is 2.13. The second kappa shape index (κ2) is 6.66. The number of nitrogens with zero attached hydrogens (tertiary/aromatic N) is 5. The average molecular weight is 315 g/mol. The molecule has 2 aromatic rings. The fraction of sp³-hybridized carbons (Fsp3) is 0.588. The molecule has 0 radical (unpaired) electrons. The minimum Gasteiger partial charge on any atom is -0.357 e. The monoisotopic (exact) mass is 315 g/mol. The third kappa shape index (κ3) is 3.52. The van der Waals surface area contributed by atoms with Gasteiger partial charge < -0.3 is 14.3 Å². The van der Waals surface area contributed by atoms with Crippen LogP contribution in [0.15, 0.2) is 22.9 Å². The quantitative estimate of drug-likeness (QED) is 0.864. The van der Waals surface area contributed by atoms with E-state index in [1.165, 1.54) is 12.8 Å². The molecule has 3 rings (SSSR count). The minimum atomic E-state index is 0.525. The number of pyridine rings is 1. The molecule has 0 bridgehead atoms. The second-order valence-corrected chi connectivity index (χ2v) is 6.52. The van der Waals surface area contributed by atoms with Crippen LogP contribution in [0.4, 0.5) is 5.82 Å². The predicted octanol–water partition coefficient (Wildman–Crippen LogP) is 2.75. The normalized spacial score (nSPS) is 16.9. The topological polar surface area (TPSA) is 58.3 Å². The Morgan fingerprint density at radius 1 is 1.30 bits per heavy atom.